The lowest BCUT2D eigenvalue weighted by molar-refractivity contribution is -0.143. The third-order valence-corrected chi connectivity index (χ3v) is 8.39. The van der Waals surface area contributed by atoms with Gasteiger partial charge in [0.05, 0.1) is 18.6 Å². The number of carboxylic acids is 1. The Morgan fingerprint density at radius 1 is 0.857 bits per heavy atom. The molecule has 8 nitrogen and oxygen atoms in total. The van der Waals surface area contributed by atoms with Gasteiger partial charge in [-0.3, -0.25) is 9.59 Å². The first-order valence-electron chi connectivity index (χ1n) is 14.7. The highest BCUT2D eigenvalue weighted by atomic mass is 16.5. The van der Waals surface area contributed by atoms with Gasteiger partial charge in [0.15, 0.2) is 0 Å². The third kappa shape index (κ3) is 6.82. The summed E-state index contributed by atoms with van der Waals surface area (Å²) in [5.74, 6) is -2.20. The minimum absolute atomic E-state index is 0.108. The first kappa shape index (κ1) is 29.3. The van der Waals surface area contributed by atoms with Gasteiger partial charge in [0, 0.05) is 12.0 Å². The van der Waals surface area contributed by atoms with Crippen molar-refractivity contribution in [3.8, 4) is 11.1 Å². The maximum Gasteiger partial charge on any atom is 0.407 e. The minimum Gasteiger partial charge on any atom is -0.481 e. The maximum absolute atomic E-state index is 13.6. The maximum atomic E-state index is 13.6. The molecule has 42 heavy (non-hydrogen) atoms. The Labute approximate surface area is 246 Å². The molecule has 2 aliphatic rings. The second kappa shape index (κ2) is 13.7. The lowest BCUT2D eigenvalue weighted by Crippen LogP contribution is -2.56. The molecule has 0 bridgehead atoms. The highest BCUT2D eigenvalue weighted by Gasteiger charge is 2.36. The summed E-state index contributed by atoms with van der Waals surface area (Å²) >= 11 is 0. The van der Waals surface area contributed by atoms with Crippen LogP contribution in [0.4, 0.5) is 4.79 Å². The molecule has 1 fully saturated rings. The monoisotopic (exact) mass is 570 g/mol. The van der Waals surface area contributed by atoms with E-state index in [0.717, 1.165) is 47.1 Å². The Balaban J connectivity index is 1.28. The number of benzene rings is 3. The molecule has 4 atom stereocenters. The molecule has 0 unspecified atom stereocenters. The van der Waals surface area contributed by atoms with Crippen molar-refractivity contribution in [2.45, 2.75) is 69.7 Å². The zero-order valence-corrected chi connectivity index (χ0v) is 23.8. The summed E-state index contributed by atoms with van der Waals surface area (Å²) in [6.45, 7) is 2.08. The molecule has 0 spiro atoms. The molecular weight excluding hydrogens is 532 g/mol. The molecular formula is C34H38N2O6. The van der Waals surface area contributed by atoms with Crippen molar-refractivity contribution in [2.24, 2.45) is 5.92 Å². The molecule has 5 rings (SSSR count). The summed E-state index contributed by atoms with van der Waals surface area (Å²) in [7, 11) is 0. The second-order valence-electron chi connectivity index (χ2n) is 11.1. The molecule has 0 heterocycles. The molecule has 3 N–H and O–H groups in total. The molecule has 0 aliphatic heterocycles. The van der Waals surface area contributed by atoms with Gasteiger partial charge in [0.2, 0.25) is 5.91 Å². The smallest absolute Gasteiger partial charge is 0.407 e. The van der Waals surface area contributed by atoms with Crippen LogP contribution >= 0.6 is 0 Å². The predicted molar refractivity (Wildman–Crippen MR) is 159 cm³/mol. The van der Waals surface area contributed by atoms with Crippen molar-refractivity contribution < 1.29 is 29.0 Å². The SMILES string of the molecule is C[C@H](OCc1ccccc1)[C@@H](NC(=O)OCC1c2ccccc2-c2ccccc21)C(=O)N[C@@H]1CCCCC[C@@H]1C(=O)O. The lowest BCUT2D eigenvalue weighted by Gasteiger charge is -2.29. The largest absolute Gasteiger partial charge is 0.481 e. The van der Waals surface area contributed by atoms with E-state index in [4.69, 9.17) is 9.47 Å². The predicted octanol–water partition coefficient (Wildman–Crippen LogP) is 5.65. The van der Waals surface area contributed by atoms with Gasteiger partial charge in [0.1, 0.15) is 12.6 Å². The first-order valence-corrected chi connectivity index (χ1v) is 14.7. The summed E-state index contributed by atoms with van der Waals surface area (Å²) in [6.07, 6.45) is 2.20. The Morgan fingerprint density at radius 2 is 1.48 bits per heavy atom. The standard InChI is InChI=1S/C34H38N2O6/c1-22(41-20-23-12-4-2-5-13-23)31(32(37)35-30-19-7-3-6-18-28(30)33(38)39)36-34(40)42-21-29-26-16-10-8-14-24(26)25-15-9-11-17-27(25)29/h2,4-5,8-17,22,28-31H,3,6-7,18-21H2,1H3,(H,35,37)(H,36,40)(H,38,39)/t22-,28-,30+,31+/m0/s1. The summed E-state index contributed by atoms with van der Waals surface area (Å²) in [5.41, 5.74) is 5.36. The number of aliphatic carboxylic acids is 1. The first-order chi connectivity index (χ1) is 20.4. The van der Waals surface area contributed by atoms with E-state index < -0.39 is 42.1 Å². The van der Waals surface area contributed by atoms with Gasteiger partial charge in [-0.05, 0) is 47.6 Å². The van der Waals surface area contributed by atoms with Crippen LogP contribution < -0.4 is 10.6 Å². The number of fused-ring (bicyclic) bond motifs is 3. The average molecular weight is 571 g/mol. The number of rotatable bonds is 10. The molecule has 3 aromatic rings. The topological polar surface area (TPSA) is 114 Å². The highest BCUT2D eigenvalue weighted by Crippen LogP contribution is 2.44. The number of amides is 2. The van der Waals surface area contributed by atoms with Crippen molar-refractivity contribution >= 4 is 18.0 Å². The van der Waals surface area contributed by atoms with Crippen molar-refractivity contribution in [3.63, 3.8) is 0 Å². The van der Waals surface area contributed by atoms with Crippen LogP contribution in [0.3, 0.4) is 0 Å². The number of hydrogen-bond donors (Lipinski definition) is 3. The van der Waals surface area contributed by atoms with E-state index in [1.165, 1.54) is 0 Å². The number of nitrogens with one attached hydrogen (secondary N) is 2. The van der Waals surface area contributed by atoms with Crippen molar-refractivity contribution in [1.82, 2.24) is 10.6 Å². The van der Waals surface area contributed by atoms with Crippen molar-refractivity contribution in [1.29, 1.82) is 0 Å². The van der Waals surface area contributed by atoms with E-state index in [2.05, 4.69) is 22.8 Å². The second-order valence-corrected chi connectivity index (χ2v) is 11.1. The summed E-state index contributed by atoms with van der Waals surface area (Å²) in [5, 5.41) is 15.5. The van der Waals surface area contributed by atoms with Crippen LogP contribution in [0.5, 0.6) is 0 Å². The third-order valence-electron chi connectivity index (χ3n) is 8.39. The van der Waals surface area contributed by atoms with Crippen molar-refractivity contribution in [2.75, 3.05) is 6.61 Å². The van der Waals surface area contributed by atoms with Gasteiger partial charge in [-0.1, -0.05) is 98.1 Å². The van der Waals surface area contributed by atoms with E-state index in [-0.39, 0.29) is 19.1 Å². The van der Waals surface area contributed by atoms with Gasteiger partial charge >= 0.3 is 12.1 Å². The zero-order chi connectivity index (χ0) is 29.5. The van der Waals surface area contributed by atoms with Crippen LogP contribution in [0.15, 0.2) is 78.9 Å². The van der Waals surface area contributed by atoms with E-state index in [0.29, 0.717) is 12.8 Å². The fourth-order valence-corrected chi connectivity index (χ4v) is 6.11. The van der Waals surface area contributed by atoms with Gasteiger partial charge in [-0.25, -0.2) is 4.79 Å². The Kier molecular flexibility index (Phi) is 9.54. The molecule has 0 aromatic heterocycles. The molecule has 2 amide bonds. The number of carbonyl (C=O) groups excluding carboxylic acids is 2. The number of alkyl carbamates (subject to hydrolysis) is 1. The van der Waals surface area contributed by atoms with E-state index >= 15 is 0 Å². The molecule has 1 saturated carbocycles. The lowest BCUT2D eigenvalue weighted by atomic mass is 9.94. The van der Waals surface area contributed by atoms with Crippen LogP contribution in [0.2, 0.25) is 0 Å². The molecule has 3 aromatic carbocycles. The quantitative estimate of drug-likeness (QED) is 0.272. The summed E-state index contributed by atoms with van der Waals surface area (Å²) < 4.78 is 11.7. The van der Waals surface area contributed by atoms with E-state index in [1.54, 1.807) is 6.92 Å². The van der Waals surface area contributed by atoms with Gasteiger partial charge in [-0.2, -0.15) is 0 Å². The van der Waals surface area contributed by atoms with Crippen LogP contribution in [0.25, 0.3) is 11.1 Å². The Hall–Kier alpha value is -4.17. The van der Waals surface area contributed by atoms with Crippen LogP contribution in [-0.4, -0.2) is 47.9 Å². The Morgan fingerprint density at radius 3 is 2.14 bits per heavy atom. The zero-order valence-electron chi connectivity index (χ0n) is 23.8. The van der Waals surface area contributed by atoms with Crippen LogP contribution in [0, 0.1) is 5.92 Å². The molecule has 8 heteroatoms. The number of hydrogen-bond acceptors (Lipinski definition) is 5. The van der Waals surface area contributed by atoms with Crippen molar-refractivity contribution in [3.05, 3.63) is 95.6 Å². The highest BCUT2D eigenvalue weighted by molar-refractivity contribution is 5.87. The Bertz CT molecular complexity index is 1350. The minimum atomic E-state index is -1.08. The van der Waals surface area contributed by atoms with E-state index in [1.807, 2.05) is 66.7 Å². The van der Waals surface area contributed by atoms with E-state index in [9.17, 15) is 19.5 Å². The summed E-state index contributed by atoms with van der Waals surface area (Å²) in [4.78, 5) is 38.7. The summed E-state index contributed by atoms with van der Waals surface area (Å²) in [6, 6.07) is 24.1. The van der Waals surface area contributed by atoms with Gasteiger partial charge in [-0.15, -0.1) is 0 Å². The average Bonchev–Trinajstić information content (AvgIpc) is 3.13. The molecule has 2 aliphatic carbocycles. The molecule has 0 radical (unpaired) electrons. The normalized spacial score (nSPS) is 19.5. The van der Waals surface area contributed by atoms with Crippen LogP contribution in [-0.2, 0) is 25.7 Å². The fourth-order valence-electron chi connectivity index (χ4n) is 6.11. The molecule has 220 valence electrons. The van der Waals surface area contributed by atoms with Gasteiger partial charge in [0.25, 0.3) is 0 Å². The van der Waals surface area contributed by atoms with Gasteiger partial charge < -0.3 is 25.2 Å². The number of carboxylic acid groups (broad SMARTS) is 1. The fraction of sp³-hybridized carbons (Fsp3) is 0.382. The number of carbonyl (C=O) groups is 3. The van der Waals surface area contributed by atoms with Crippen LogP contribution in [0.1, 0.15) is 61.6 Å². The molecule has 0 saturated heterocycles. The number of ether oxygens (including phenoxy) is 2.